The Labute approximate surface area is 121 Å². The second-order valence-corrected chi connectivity index (χ2v) is 5.41. The molecule has 0 radical (unpaired) electrons. The third kappa shape index (κ3) is 3.39. The van der Waals surface area contributed by atoms with Crippen LogP contribution in [0.3, 0.4) is 0 Å². The van der Waals surface area contributed by atoms with Gasteiger partial charge in [-0.25, -0.2) is 0 Å². The summed E-state index contributed by atoms with van der Waals surface area (Å²) in [5, 5.41) is 9.72. The average molecular weight is 273 g/mol. The van der Waals surface area contributed by atoms with Crippen LogP contribution in [0, 0.1) is 11.3 Å². The van der Waals surface area contributed by atoms with Gasteiger partial charge < -0.3 is 9.47 Å². The lowest BCUT2D eigenvalue weighted by molar-refractivity contribution is 0.0669. The van der Waals surface area contributed by atoms with Crippen LogP contribution in [0.5, 0.6) is 0 Å². The number of nitriles is 1. The summed E-state index contributed by atoms with van der Waals surface area (Å²) in [6.07, 6.45) is 4.98. The Hall–Kier alpha value is -1.37. The Morgan fingerprint density at radius 1 is 1.25 bits per heavy atom. The maximum Gasteiger partial charge on any atom is 0.0826 e. The summed E-state index contributed by atoms with van der Waals surface area (Å²) in [6, 6.07) is 11.0. The van der Waals surface area contributed by atoms with Gasteiger partial charge in [-0.1, -0.05) is 24.3 Å². The summed E-state index contributed by atoms with van der Waals surface area (Å²) < 4.78 is 10.5. The molecule has 1 aliphatic carbocycles. The molecular formula is C17H23NO2. The number of aryl methyl sites for hydroxylation is 1. The van der Waals surface area contributed by atoms with Crippen LogP contribution in [0.4, 0.5) is 0 Å². The van der Waals surface area contributed by atoms with Crippen LogP contribution in [-0.2, 0) is 21.3 Å². The lowest BCUT2D eigenvalue weighted by Crippen LogP contribution is -2.29. The molecule has 1 aliphatic rings. The van der Waals surface area contributed by atoms with Crippen LogP contribution in [0.25, 0.3) is 0 Å². The van der Waals surface area contributed by atoms with Crippen molar-refractivity contribution in [3.05, 3.63) is 35.4 Å². The molecule has 1 aromatic carbocycles. The minimum absolute atomic E-state index is 0.306. The van der Waals surface area contributed by atoms with E-state index in [4.69, 9.17) is 9.47 Å². The summed E-state index contributed by atoms with van der Waals surface area (Å²) in [5.41, 5.74) is 2.28. The molecular weight excluding hydrogens is 250 g/mol. The molecule has 0 saturated heterocycles. The molecule has 0 fully saturated rings. The van der Waals surface area contributed by atoms with Crippen LogP contribution in [0.2, 0.25) is 0 Å². The molecule has 0 bridgehead atoms. The zero-order valence-electron chi connectivity index (χ0n) is 12.2. The minimum Gasteiger partial charge on any atom is -0.382 e. The zero-order valence-corrected chi connectivity index (χ0v) is 12.2. The smallest absolute Gasteiger partial charge is 0.0826 e. The summed E-state index contributed by atoms with van der Waals surface area (Å²) in [4.78, 5) is 0. The van der Waals surface area contributed by atoms with Gasteiger partial charge >= 0.3 is 0 Å². The van der Waals surface area contributed by atoms with Gasteiger partial charge in [-0.3, -0.25) is 0 Å². The van der Waals surface area contributed by atoms with Crippen LogP contribution in [0.1, 0.15) is 36.8 Å². The van der Waals surface area contributed by atoms with Crippen LogP contribution in [-0.4, -0.2) is 26.9 Å². The minimum atomic E-state index is -0.306. The standard InChI is InChI=1S/C17H23NO2/c1-19-12-13-20-11-5-10-17(14-18)9-4-7-15-6-2-3-8-16(15)17/h2-3,6,8H,4-5,7,9-13H2,1H3. The molecule has 108 valence electrons. The molecule has 0 spiro atoms. The van der Waals surface area contributed by atoms with Gasteiger partial charge in [-0.2, -0.15) is 5.26 Å². The largest absolute Gasteiger partial charge is 0.382 e. The van der Waals surface area contributed by atoms with Gasteiger partial charge in [0.05, 0.1) is 24.7 Å². The Morgan fingerprint density at radius 3 is 2.90 bits per heavy atom. The van der Waals surface area contributed by atoms with Crippen molar-refractivity contribution >= 4 is 0 Å². The van der Waals surface area contributed by atoms with Gasteiger partial charge in [0.25, 0.3) is 0 Å². The number of ether oxygens (including phenoxy) is 2. The van der Waals surface area contributed by atoms with Crippen molar-refractivity contribution in [1.82, 2.24) is 0 Å². The Morgan fingerprint density at radius 2 is 2.10 bits per heavy atom. The number of nitrogens with zero attached hydrogens (tertiary/aromatic N) is 1. The van der Waals surface area contributed by atoms with Gasteiger partial charge in [-0.05, 0) is 43.2 Å². The third-order valence-corrected chi connectivity index (χ3v) is 4.12. The molecule has 0 aliphatic heterocycles. The number of fused-ring (bicyclic) bond motifs is 1. The van der Waals surface area contributed by atoms with Gasteiger partial charge in [-0.15, -0.1) is 0 Å². The molecule has 0 aromatic heterocycles. The molecule has 20 heavy (non-hydrogen) atoms. The fourth-order valence-electron chi connectivity index (χ4n) is 3.07. The lowest BCUT2D eigenvalue weighted by Gasteiger charge is -2.33. The Bertz CT molecular complexity index is 466. The van der Waals surface area contributed by atoms with Crippen LogP contribution >= 0.6 is 0 Å². The number of rotatable bonds is 7. The van der Waals surface area contributed by atoms with Crippen molar-refractivity contribution in [2.45, 2.75) is 37.5 Å². The van der Waals surface area contributed by atoms with Crippen LogP contribution in [0.15, 0.2) is 24.3 Å². The predicted octanol–water partition coefficient (Wildman–Crippen LogP) is 3.23. The van der Waals surface area contributed by atoms with E-state index in [-0.39, 0.29) is 5.41 Å². The fourth-order valence-corrected chi connectivity index (χ4v) is 3.07. The van der Waals surface area contributed by atoms with Crippen LogP contribution < -0.4 is 0 Å². The summed E-state index contributed by atoms with van der Waals surface area (Å²) in [7, 11) is 1.67. The molecule has 0 saturated carbocycles. The quantitative estimate of drug-likeness (QED) is 0.716. The van der Waals surface area contributed by atoms with E-state index in [0.717, 1.165) is 32.1 Å². The van der Waals surface area contributed by atoms with E-state index < -0.39 is 0 Å². The first-order valence-corrected chi connectivity index (χ1v) is 7.39. The van der Waals surface area contributed by atoms with Gasteiger partial charge in [0.2, 0.25) is 0 Å². The van der Waals surface area contributed by atoms with Gasteiger partial charge in [0.15, 0.2) is 0 Å². The molecule has 3 heteroatoms. The third-order valence-electron chi connectivity index (χ3n) is 4.12. The molecule has 2 rings (SSSR count). The van der Waals surface area contributed by atoms with Crippen molar-refractivity contribution < 1.29 is 9.47 Å². The maximum atomic E-state index is 9.72. The molecule has 1 atom stereocenters. The first kappa shape index (κ1) is 15.0. The highest BCUT2D eigenvalue weighted by Gasteiger charge is 2.35. The highest BCUT2D eigenvalue weighted by atomic mass is 16.5. The lowest BCUT2D eigenvalue weighted by atomic mass is 9.68. The number of methoxy groups -OCH3 is 1. The van der Waals surface area contributed by atoms with Gasteiger partial charge in [0.1, 0.15) is 0 Å². The number of hydrogen-bond acceptors (Lipinski definition) is 3. The SMILES string of the molecule is COCCOCCCC1(C#N)CCCc2ccccc21. The molecule has 0 amide bonds. The zero-order chi connectivity index (χ0) is 14.3. The van der Waals surface area contributed by atoms with E-state index in [9.17, 15) is 5.26 Å². The van der Waals surface area contributed by atoms with Crippen molar-refractivity contribution in [2.75, 3.05) is 26.9 Å². The summed E-state index contributed by atoms with van der Waals surface area (Å²) >= 11 is 0. The van der Waals surface area contributed by atoms with E-state index in [1.807, 2.05) is 6.07 Å². The Balaban J connectivity index is 1.96. The second-order valence-electron chi connectivity index (χ2n) is 5.41. The predicted molar refractivity (Wildman–Crippen MR) is 78.6 cm³/mol. The highest BCUT2D eigenvalue weighted by Crippen LogP contribution is 2.40. The van der Waals surface area contributed by atoms with Crippen molar-refractivity contribution in [3.63, 3.8) is 0 Å². The highest BCUT2D eigenvalue weighted by molar-refractivity contribution is 5.41. The first-order chi connectivity index (χ1) is 9.82. The van der Waals surface area contributed by atoms with E-state index in [0.29, 0.717) is 19.8 Å². The molecule has 0 heterocycles. The van der Waals surface area contributed by atoms with Crippen molar-refractivity contribution in [1.29, 1.82) is 5.26 Å². The molecule has 3 nitrogen and oxygen atoms in total. The topological polar surface area (TPSA) is 42.2 Å². The monoisotopic (exact) mass is 273 g/mol. The Kier molecular flexibility index (Phi) is 5.58. The van der Waals surface area contributed by atoms with E-state index in [2.05, 4.69) is 24.3 Å². The van der Waals surface area contributed by atoms with Gasteiger partial charge in [0, 0.05) is 13.7 Å². The first-order valence-electron chi connectivity index (χ1n) is 7.39. The average Bonchev–Trinajstić information content (AvgIpc) is 2.51. The van der Waals surface area contributed by atoms with Crippen molar-refractivity contribution in [3.8, 4) is 6.07 Å². The fraction of sp³-hybridized carbons (Fsp3) is 0.588. The number of benzene rings is 1. The van der Waals surface area contributed by atoms with E-state index in [1.165, 1.54) is 11.1 Å². The van der Waals surface area contributed by atoms with Crippen molar-refractivity contribution in [2.24, 2.45) is 0 Å². The summed E-state index contributed by atoms with van der Waals surface area (Å²) in [6.45, 7) is 1.97. The second kappa shape index (κ2) is 7.42. The number of hydrogen-bond donors (Lipinski definition) is 0. The maximum absolute atomic E-state index is 9.72. The molecule has 0 N–H and O–H groups in total. The van der Waals surface area contributed by atoms with E-state index >= 15 is 0 Å². The molecule has 1 unspecified atom stereocenters. The molecule has 1 aromatic rings. The van der Waals surface area contributed by atoms with E-state index in [1.54, 1.807) is 7.11 Å². The summed E-state index contributed by atoms with van der Waals surface area (Å²) in [5.74, 6) is 0. The normalized spacial score (nSPS) is 21.2.